The van der Waals surface area contributed by atoms with Gasteiger partial charge in [0.15, 0.2) is 0 Å². The van der Waals surface area contributed by atoms with Gasteiger partial charge in [0.25, 0.3) is 0 Å². The van der Waals surface area contributed by atoms with Crippen LogP contribution in [0.3, 0.4) is 0 Å². The first-order valence-corrected chi connectivity index (χ1v) is 8.70. The van der Waals surface area contributed by atoms with Crippen molar-refractivity contribution in [2.24, 2.45) is 0 Å². The second-order valence-electron chi connectivity index (χ2n) is 5.78. The Morgan fingerprint density at radius 3 is 2.13 bits per heavy atom. The van der Waals surface area contributed by atoms with E-state index in [1.807, 2.05) is 0 Å². The molecular weight excluding hydrogens is 348 g/mol. The number of nitrogens with zero attached hydrogens (tertiary/aromatic N) is 2. The minimum Gasteiger partial charge on any atom is -0.225 e. The number of aromatic nitrogens is 2. The van der Waals surface area contributed by atoms with Gasteiger partial charge in [-0.1, -0.05) is 48.5 Å². The summed E-state index contributed by atoms with van der Waals surface area (Å²) in [6.07, 6.45) is 4.27. The van der Waals surface area contributed by atoms with Gasteiger partial charge in [-0.2, -0.15) is 0 Å². The van der Waals surface area contributed by atoms with Crippen LogP contribution in [-0.2, 0) is 13.1 Å². The molecule has 4 rings (SSSR count). The first-order valence-electron chi connectivity index (χ1n) is 7.91. The molecule has 114 valence electrons. The zero-order chi connectivity index (χ0) is 15.8. The van der Waals surface area contributed by atoms with Crippen LogP contribution in [0.4, 0.5) is 0 Å². The summed E-state index contributed by atoms with van der Waals surface area (Å²) in [5.41, 5.74) is 1.37. The Hall–Kier alpha value is -2.13. The Balaban J connectivity index is 1.97. The smallest absolute Gasteiger partial charge is 0.225 e. The summed E-state index contributed by atoms with van der Waals surface area (Å²) in [4.78, 5) is 0. The van der Waals surface area contributed by atoms with Crippen LogP contribution in [0.25, 0.3) is 21.5 Å². The van der Waals surface area contributed by atoms with Crippen LogP contribution in [0.1, 0.15) is 12.5 Å². The summed E-state index contributed by atoms with van der Waals surface area (Å²) in [6.45, 7) is 3.97. The van der Waals surface area contributed by atoms with E-state index in [-0.39, 0.29) is 0 Å². The average molecular weight is 366 g/mol. The van der Waals surface area contributed by atoms with Gasteiger partial charge >= 0.3 is 4.73 Å². The van der Waals surface area contributed by atoms with Crippen molar-refractivity contribution < 1.29 is 4.57 Å². The number of benzene rings is 3. The highest BCUT2D eigenvalue weighted by Gasteiger charge is 2.16. The molecule has 23 heavy (non-hydrogen) atoms. The molecule has 0 saturated carbocycles. The second kappa shape index (κ2) is 5.82. The van der Waals surface area contributed by atoms with E-state index < -0.39 is 0 Å². The molecule has 0 N–H and O–H groups in total. The summed E-state index contributed by atoms with van der Waals surface area (Å²) in [5.74, 6) is 0. The summed E-state index contributed by atoms with van der Waals surface area (Å²) in [5, 5.41) is 5.25. The minimum absolute atomic E-state index is 0.857. The van der Waals surface area contributed by atoms with E-state index in [2.05, 4.69) is 99.0 Å². The van der Waals surface area contributed by atoms with E-state index in [4.69, 9.17) is 0 Å². The van der Waals surface area contributed by atoms with Gasteiger partial charge in [0, 0.05) is 21.5 Å². The number of hydrogen-bond donors (Lipinski definition) is 0. The number of imidazole rings is 1. The van der Waals surface area contributed by atoms with Crippen molar-refractivity contribution in [3.63, 3.8) is 0 Å². The van der Waals surface area contributed by atoms with Crippen LogP contribution in [0.15, 0.2) is 71.7 Å². The fraction of sp³-hybridized carbons (Fsp3) is 0.150. The summed E-state index contributed by atoms with van der Waals surface area (Å²) in [7, 11) is 0. The molecule has 1 aromatic heterocycles. The first-order chi connectivity index (χ1) is 11.3. The van der Waals surface area contributed by atoms with Crippen LogP contribution in [-0.4, -0.2) is 4.57 Å². The monoisotopic (exact) mass is 365 g/mol. The molecule has 0 fully saturated rings. The Labute approximate surface area is 144 Å². The Morgan fingerprint density at radius 1 is 0.957 bits per heavy atom. The topological polar surface area (TPSA) is 8.81 Å². The summed E-state index contributed by atoms with van der Waals surface area (Å²) in [6, 6.07) is 19.6. The molecular formula is C20H18BrN2+. The number of aryl methyl sites for hydroxylation is 1. The van der Waals surface area contributed by atoms with Crippen LogP contribution >= 0.6 is 15.9 Å². The molecule has 0 radical (unpaired) electrons. The van der Waals surface area contributed by atoms with Crippen molar-refractivity contribution in [3.8, 4) is 0 Å². The molecule has 0 aliphatic carbocycles. The molecule has 0 saturated heterocycles. The highest BCUT2D eigenvalue weighted by Crippen LogP contribution is 2.28. The number of halogens is 1. The van der Waals surface area contributed by atoms with Gasteiger partial charge in [-0.25, -0.2) is 9.13 Å². The lowest BCUT2D eigenvalue weighted by Gasteiger charge is -2.10. The molecule has 0 bridgehead atoms. The fourth-order valence-corrected chi connectivity index (χ4v) is 3.86. The maximum absolute atomic E-state index is 3.72. The number of fused-ring (bicyclic) bond motifs is 2. The third-order valence-electron chi connectivity index (χ3n) is 4.45. The third-order valence-corrected chi connectivity index (χ3v) is 5.36. The van der Waals surface area contributed by atoms with Gasteiger partial charge in [0.05, 0.1) is 6.54 Å². The van der Waals surface area contributed by atoms with Crippen molar-refractivity contribution >= 4 is 37.5 Å². The van der Waals surface area contributed by atoms with Crippen LogP contribution in [0.5, 0.6) is 0 Å². The molecule has 3 aromatic carbocycles. The Bertz CT molecular complexity index is 947. The van der Waals surface area contributed by atoms with E-state index in [1.165, 1.54) is 27.1 Å². The Morgan fingerprint density at radius 2 is 1.57 bits per heavy atom. The van der Waals surface area contributed by atoms with Crippen molar-refractivity contribution in [2.45, 2.75) is 20.0 Å². The predicted molar refractivity (Wildman–Crippen MR) is 98.6 cm³/mol. The van der Waals surface area contributed by atoms with Crippen molar-refractivity contribution in [2.75, 3.05) is 0 Å². The molecule has 0 atom stereocenters. The average Bonchev–Trinajstić information content (AvgIpc) is 2.94. The number of hydrogen-bond acceptors (Lipinski definition) is 0. The van der Waals surface area contributed by atoms with Crippen molar-refractivity contribution in [1.29, 1.82) is 0 Å². The first kappa shape index (κ1) is 14.5. The lowest BCUT2D eigenvalue weighted by molar-refractivity contribution is -0.698. The summed E-state index contributed by atoms with van der Waals surface area (Å²) < 4.78 is 5.57. The molecule has 0 amide bonds. The highest BCUT2D eigenvalue weighted by molar-refractivity contribution is 9.10. The normalized spacial score (nSPS) is 11.4. The maximum atomic E-state index is 3.72. The highest BCUT2D eigenvalue weighted by atomic mass is 79.9. The predicted octanol–water partition coefficient (Wildman–Crippen LogP) is 4.91. The maximum Gasteiger partial charge on any atom is 0.325 e. The molecule has 3 heteroatoms. The molecule has 2 nitrogen and oxygen atoms in total. The second-order valence-corrected chi connectivity index (χ2v) is 6.49. The fourth-order valence-electron chi connectivity index (χ4n) is 3.25. The van der Waals surface area contributed by atoms with Crippen LogP contribution in [0.2, 0.25) is 0 Å². The van der Waals surface area contributed by atoms with Gasteiger partial charge in [-0.3, -0.25) is 0 Å². The molecule has 0 aliphatic rings. The molecule has 1 heterocycles. The minimum atomic E-state index is 0.857. The SMILES string of the molecule is CCn1cc[n+](Cc2c3ccccc3cc3ccccc23)c1Br. The van der Waals surface area contributed by atoms with E-state index in [0.29, 0.717) is 0 Å². The van der Waals surface area contributed by atoms with Crippen LogP contribution in [0, 0.1) is 0 Å². The van der Waals surface area contributed by atoms with E-state index in [1.54, 1.807) is 0 Å². The molecule has 0 aliphatic heterocycles. The Kier molecular flexibility index (Phi) is 3.66. The lowest BCUT2D eigenvalue weighted by Crippen LogP contribution is -2.34. The van der Waals surface area contributed by atoms with E-state index >= 15 is 0 Å². The standard InChI is InChI=1S/C20H18BrN2/c1-2-22-11-12-23(20(22)21)14-19-17-9-5-3-7-15(17)13-16-8-4-6-10-18(16)19/h3-13H,2,14H2,1H3/q+1. The third kappa shape index (κ3) is 2.45. The number of rotatable bonds is 3. The van der Waals surface area contributed by atoms with E-state index in [9.17, 15) is 0 Å². The zero-order valence-corrected chi connectivity index (χ0v) is 14.6. The van der Waals surface area contributed by atoms with Gasteiger partial charge in [0.2, 0.25) is 0 Å². The van der Waals surface area contributed by atoms with Crippen LogP contribution < -0.4 is 4.57 Å². The van der Waals surface area contributed by atoms with Gasteiger partial charge in [-0.15, -0.1) is 0 Å². The van der Waals surface area contributed by atoms with Gasteiger partial charge < -0.3 is 0 Å². The van der Waals surface area contributed by atoms with Gasteiger partial charge in [-0.05, 0) is 34.5 Å². The lowest BCUT2D eigenvalue weighted by atomic mass is 9.97. The van der Waals surface area contributed by atoms with Gasteiger partial charge in [0.1, 0.15) is 18.9 Å². The largest absolute Gasteiger partial charge is 0.325 e. The quantitative estimate of drug-likeness (QED) is 0.360. The zero-order valence-electron chi connectivity index (χ0n) is 13.0. The van der Waals surface area contributed by atoms with E-state index in [0.717, 1.165) is 17.8 Å². The molecule has 0 spiro atoms. The molecule has 4 aromatic rings. The van der Waals surface area contributed by atoms with Crippen molar-refractivity contribution in [1.82, 2.24) is 4.57 Å². The van der Waals surface area contributed by atoms with Crippen molar-refractivity contribution in [3.05, 3.63) is 77.3 Å². The summed E-state index contributed by atoms with van der Waals surface area (Å²) >= 11 is 3.72. The molecule has 0 unspecified atom stereocenters.